The number of amides is 1. The van der Waals surface area contributed by atoms with Gasteiger partial charge in [-0.05, 0) is 72.4 Å². The van der Waals surface area contributed by atoms with E-state index in [4.69, 9.17) is 23.2 Å². The maximum absolute atomic E-state index is 12.8. The molecule has 31 heavy (non-hydrogen) atoms. The number of halogens is 2. The molecule has 2 N–H and O–H groups in total. The molecule has 0 bridgehead atoms. The Balaban J connectivity index is 1.46. The van der Waals surface area contributed by atoms with Crippen LogP contribution in [0.1, 0.15) is 45.4 Å². The highest BCUT2D eigenvalue weighted by atomic mass is 35.5. The largest absolute Gasteiger partial charge is 0.378 e. The maximum atomic E-state index is 12.8. The van der Waals surface area contributed by atoms with Crippen LogP contribution in [0.5, 0.6) is 0 Å². The third-order valence-corrected chi connectivity index (χ3v) is 6.87. The Hall–Kier alpha value is -2.75. The third-order valence-electron chi connectivity index (χ3n) is 6.31. The summed E-state index contributed by atoms with van der Waals surface area (Å²) in [5.74, 6) is 0.531. The number of hydrogen-bond acceptors (Lipinski definition) is 2. The van der Waals surface area contributed by atoms with Gasteiger partial charge in [0.1, 0.15) is 0 Å². The van der Waals surface area contributed by atoms with Gasteiger partial charge in [-0.1, -0.05) is 59.6 Å². The molecule has 5 rings (SSSR count). The molecule has 3 aromatic carbocycles. The maximum Gasteiger partial charge on any atom is 0.255 e. The molecule has 0 aromatic heterocycles. The van der Waals surface area contributed by atoms with Crippen LogP contribution in [0, 0.1) is 12.8 Å². The predicted molar refractivity (Wildman–Crippen MR) is 128 cm³/mol. The number of hydrogen-bond donors (Lipinski definition) is 2. The van der Waals surface area contributed by atoms with Gasteiger partial charge in [0.15, 0.2) is 0 Å². The molecule has 0 saturated heterocycles. The fraction of sp³-hybridized carbons (Fsp3) is 0.192. The minimum Gasteiger partial charge on any atom is -0.378 e. The van der Waals surface area contributed by atoms with Crippen LogP contribution in [0.15, 0.2) is 72.8 Å². The van der Waals surface area contributed by atoms with Gasteiger partial charge in [-0.3, -0.25) is 4.79 Å². The number of carbonyl (C=O) groups excluding carboxylic acids is 1. The van der Waals surface area contributed by atoms with Gasteiger partial charge in [-0.25, -0.2) is 0 Å². The van der Waals surface area contributed by atoms with E-state index in [9.17, 15) is 4.79 Å². The zero-order valence-electron chi connectivity index (χ0n) is 17.0. The van der Waals surface area contributed by atoms with Crippen LogP contribution in [0.25, 0.3) is 0 Å². The number of carbonyl (C=O) groups is 1. The number of nitrogens with one attached hydrogen (secondary N) is 2. The smallest absolute Gasteiger partial charge is 0.255 e. The number of fused-ring (bicyclic) bond motifs is 3. The second-order valence-electron chi connectivity index (χ2n) is 8.21. The van der Waals surface area contributed by atoms with Crippen LogP contribution in [-0.2, 0) is 0 Å². The number of aryl methyl sites for hydroxylation is 1. The molecule has 156 valence electrons. The molecular weight excluding hydrogens is 427 g/mol. The van der Waals surface area contributed by atoms with Crippen molar-refractivity contribution < 1.29 is 4.79 Å². The number of anilines is 2. The number of allylic oxidation sites excluding steroid dienone is 2. The predicted octanol–water partition coefficient (Wildman–Crippen LogP) is 7.38. The molecule has 3 aromatic rings. The van der Waals surface area contributed by atoms with E-state index >= 15 is 0 Å². The first-order valence-electron chi connectivity index (χ1n) is 10.4. The fourth-order valence-corrected chi connectivity index (χ4v) is 5.29. The Labute approximate surface area is 192 Å². The molecular formula is C26H22Cl2N2O. The molecule has 5 heteroatoms. The summed E-state index contributed by atoms with van der Waals surface area (Å²) in [6.07, 6.45) is 5.48. The zero-order valence-corrected chi connectivity index (χ0v) is 18.5. The number of benzene rings is 3. The highest BCUT2D eigenvalue weighted by Gasteiger charge is 2.38. The molecule has 3 atom stereocenters. The van der Waals surface area contributed by atoms with Gasteiger partial charge in [0.25, 0.3) is 5.91 Å². The second-order valence-corrected chi connectivity index (χ2v) is 9.06. The topological polar surface area (TPSA) is 41.1 Å². The Morgan fingerprint density at radius 3 is 2.68 bits per heavy atom. The SMILES string of the molecule is Cc1ccccc1C(=O)Nc1ccc2c(c1)C1C=CCC1C(c1ccc(Cl)cc1Cl)N2. The summed E-state index contributed by atoms with van der Waals surface area (Å²) in [6.45, 7) is 1.95. The van der Waals surface area contributed by atoms with E-state index in [-0.39, 0.29) is 17.9 Å². The molecule has 1 aliphatic heterocycles. The molecule has 0 radical (unpaired) electrons. The zero-order chi connectivity index (χ0) is 21.5. The third kappa shape index (κ3) is 3.73. The molecule has 1 heterocycles. The summed E-state index contributed by atoms with van der Waals surface area (Å²) >= 11 is 12.7. The highest BCUT2D eigenvalue weighted by Crippen LogP contribution is 2.51. The van der Waals surface area contributed by atoms with Crippen LogP contribution >= 0.6 is 23.2 Å². The van der Waals surface area contributed by atoms with E-state index in [1.54, 1.807) is 6.07 Å². The summed E-state index contributed by atoms with van der Waals surface area (Å²) in [6, 6.07) is 19.5. The van der Waals surface area contributed by atoms with Gasteiger partial charge >= 0.3 is 0 Å². The van der Waals surface area contributed by atoms with Crippen molar-refractivity contribution in [2.24, 2.45) is 5.92 Å². The molecule has 3 nitrogen and oxygen atoms in total. The van der Waals surface area contributed by atoms with E-state index in [1.807, 2.05) is 55.5 Å². The average Bonchev–Trinajstić information content (AvgIpc) is 3.24. The minimum absolute atomic E-state index is 0.0915. The first kappa shape index (κ1) is 20.2. The van der Waals surface area contributed by atoms with Crippen molar-refractivity contribution in [1.29, 1.82) is 0 Å². The molecule has 0 fully saturated rings. The van der Waals surface area contributed by atoms with Crippen LogP contribution in [-0.4, -0.2) is 5.91 Å². The Kier molecular flexibility index (Phi) is 5.25. The Morgan fingerprint density at radius 1 is 1.03 bits per heavy atom. The molecule has 1 aliphatic carbocycles. The van der Waals surface area contributed by atoms with E-state index in [2.05, 4.69) is 28.9 Å². The lowest BCUT2D eigenvalue weighted by molar-refractivity contribution is 0.102. The lowest BCUT2D eigenvalue weighted by Gasteiger charge is -2.38. The van der Waals surface area contributed by atoms with Crippen molar-refractivity contribution >= 4 is 40.5 Å². The first-order valence-corrected chi connectivity index (χ1v) is 11.2. The molecule has 0 saturated carbocycles. The summed E-state index contributed by atoms with van der Waals surface area (Å²) in [5, 5.41) is 8.07. The molecule has 0 spiro atoms. The van der Waals surface area contributed by atoms with Crippen molar-refractivity contribution in [2.45, 2.75) is 25.3 Å². The Morgan fingerprint density at radius 2 is 1.87 bits per heavy atom. The summed E-state index contributed by atoms with van der Waals surface area (Å²) in [5.41, 5.74) is 5.78. The van der Waals surface area contributed by atoms with Gasteiger partial charge in [-0.2, -0.15) is 0 Å². The average molecular weight is 449 g/mol. The lowest BCUT2D eigenvalue weighted by atomic mass is 9.77. The Bertz CT molecular complexity index is 1200. The highest BCUT2D eigenvalue weighted by molar-refractivity contribution is 6.35. The summed E-state index contributed by atoms with van der Waals surface area (Å²) in [7, 11) is 0. The first-order chi connectivity index (χ1) is 15.0. The summed E-state index contributed by atoms with van der Waals surface area (Å²) < 4.78 is 0. The van der Waals surface area contributed by atoms with Crippen molar-refractivity contribution in [3.8, 4) is 0 Å². The van der Waals surface area contributed by atoms with Gasteiger partial charge in [0, 0.05) is 32.9 Å². The fourth-order valence-electron chi connectivity index (χ4n) is 4.76. The van der Waals surface area contributed by atoms with Crippen molar-refractivity contribution in [1.82, 2.24) is 0 Å². The van der Waals surface area contributed by atoms with Gasteiger partial charge in [-0.15, -0.1) is 0 Å². The monoisotopic (exact) mass is 448 g/mol. The normalized spacial score (nSPS) is 21.2. The lowest BCUT2D eigenvalue weighted by Crippen LogP contribution is -2.29. The quantitative estimate of drug-likeness (QED) is 0.410. The minimum atomic E-state index is -0.0915. The van der Waals surface area contributed by atoms with Gasteiger partial charge < -0.3 is 10.6 Å². The van der Waals surface area contributed by atoms with Gasteiger partial charge in [0.2, 0.25) is 0 Å². The van der Waals surface area contributed by atoms with Crippen molar-refractivity contribution in [3.05, 3.63) is 105 Å². The van der Waals surface area contributed by atoms with Crippen LogP contribution in [0.3, 0.4) is 0 Å². The standard InChI is InChI=1S/C26H22Cl2N2O/c1-15-5-2-3-6-18(15)26(31)29-17-10-12-24-22(14-17)19-7-4-8-20(19)25(30-24)21-11-9-16(27)13-23(21)28/h2-7,9-14,19-20,25,30H,8H2,1H3,(H,29,31). The van der Waals surface area contributed by atoms with E-state index in [0.717, 1.165) is 28.9 Å². The van der Waals surface area contributed by atoms with E-state index in [0.29, 0.717) is 21.5 Å². The van der Waals surface area contributed by atoms with Crippen LogP contribution in [0.2, 0.25) is 10.0 Å². The number of rotatable bonds is 3. The van der Waals surface area contributed by atoms with Crippen molar-refractivity contribution in [3.63, 3.8) is 0 Å². The molecule has 2 aliphatic rings. The van der Waals surface area contributed by atoms with Crippen molar-refractivity contribution in [2.75, 3.05) is 10.6 Å². The van der Waals surface area contributed by atoms with E-state index in [1.165, 1.54) is 5.56 Å². The van der Waals surface area contributed by atoms with Gasteiger partial charge in [0.05, 0.1) is 6.04 Å². The van der Waals surface area contributed by atoms with E-state index < -0.39 is 0 Å². The molecule has 3 unspecified atom stereocenters. The van der Waals surface area contributed by atoms with Crippen LogP contribution in [0.4, 0.5) is 11.4 Å². The second kappa shape index (κ2) is 8.07. The molecule has 1 amide bonds. The van der Waals surface area contributed by atoms with Crippen LogP contribution < -0.4 is 10.6 Å². The summed E-state index contributed by atoms with van der Waals surface area (Å²) in [4.78, 5) is 12.8.